The molecule has 1 N–H and O–H groups in total. The monoisotopic (exact) mass is 387 g/mol. The Bertz CT molecular complexity index is 1010. The van der Waals surface area contributed by atoms with Crippen molar-refractivity contribution in [3.05, 3.63) is 53.1 Å². The molecule has 1 amide bonds. The molecule has 0 aliphatic heterocycles. The second kappa shape index (κ2) is 6.54. The van der Waals surface area contributed by atoms with Gasteiger partial charge in [0.2, 0.25) is 0 Å². The van der Waals surface area contributed by atoms with Gasteiger partial charge in [0.25, 0.3) is 5.91 Å². The molecule has 0 aromatic heterocycles. The third kappa shape index (κ3) is 4.14. The third-order valence-corrected chi connectivity index (χ3v) is 5.74. The van der Waals surface area contributed by atoms with E-state index in [1.54, 1.807) is 0 Å². The number of amides is 1. The molecule has 0 saturated carbocycles. The number of nitrogens with one attached hydrogen (secondary N) is 1. The van der Waals surface area contributed by atoms with Crippen LogP contribution in [0.25, 0.3) is 0 Å². The number of carbonyl (C=O) groups excluding carboxylic acids is 1. The summed E-state index contributed by atoms with van der Waals surface area (Å²) in [6.07, 6.45) is 2.02. The van der Waals surface area contributed by atoms with Crippen LogP contribution < -0.4 is 5.32 Å². The Kier molecular flexibility index (Phi) is 5.03. The molecule has 6 nitrogen and oxygen atoms in total. The smallest absolute Gasteiger partial charge is 0.257 e. The molecule has 0 bridgehead atoms. The molecule has 0 fully saturated rings. The van der Waals surface area contributed by atoms with Crippen LogP contribution in [0.4, 0.5) is 5.69 Å². The summed E-state index contributed by atoms with van der Waals surface area (Å²) in [6, 6.07) is 9.59. The van der Waals surface area contributed by atoms with Crippen LogP contribution in [0.3, 0.4) is 0 Å². The highest BCUT2D eigenvalue weighted by Gasteiger charge is 2.19. The van der Waals surface area contributed by atoms with Crippen molar-refractivity contribution in [1.82, 2.24) is 0 Å². The lowest BCUT2D eigenvalue weighted by molar-refractivity contribution is 0.102. The van der Waals surface area contributed by atoms with Crippen LogP contribution >= 0.6 is 11.6 Å². The third-order valence-electron chi connectivity index (χ3n) is 3.15. The van der Waals surface area contributed by atoms with E-state index in [-0.39, 0.29) is 26.1 Å². The molecule has 0 heterocycles. The summed E-state index contributed by atoms with van der Waals surface area (Å²) in [7, 11) is -7.08. The number of benzene rings is 2. The van der Waals surface area contributed by atoms with Gasteiger partial charge in [-0.3, -0.25) is 4.79 Å². The highest BCUT2D eigenvalue weighted by molar-refractivity contribution is 7.91. The fourth-order valence-electron chi connectivity index (χ4n) is 2.00. The Hall–Kier alpha value is -1.90. The van der Waals surface area contributed by atoms with Gasteiger partial charge in [-0.25, -0.2) is 16.8 Å². The second-order valence-electron chi connectivity index (χ2n) is 5.14. The summed E-state index contributed by atoms with van der Waals surface area (Å²) >= 11 is 5.98. The number of halogens is 1. The lowest BCUT2D eigenvalue weighted by Gasteiger charge is -2.11. The molecular weight excluding hydrogens is 374 g/mol. The van der Waals surface area contributed by atoms with E-state index in [0.717, 1.165) is 12.5 Å². The van der Waals surface area contributed by atoms with Crippen LogP contribution in [-0.4, -0.2) is 35.3 Å². The molecule has 0 unspecified atom stereocenters. The summed E-state index contributed by atoms with van der Waals surface area (Å²) < 4.78 is 46.8. The normalized spacial score (nSPS) is 12.0. The average Bonchev–Trinajstić information content (AvgIpc) is 2.47. The maximum absolute atomic E-state index is 12.4. The molecule has 9 heteroatoms. The topological polar surface area (TPSA) is 97.4 Å². The SMILES string of the molecule is CS(=O)(=O)c1ccc(Cl)c(NC(=O)c2ccccc2S(C)(=O)=O)c1. The van der Waals surface area contributed by atoms with E-state index in [0.29, 0.717) is 0 Å². The zero-order valence-corrected chi connectivity index (χ0v) is 15.2. The number of carbonyl (C=O) groups is 1. The first-order chi connectivity index (χ1) is 11.0. The number of anilines is 1. The van der Waals surface area contributed by atoms with Gasteiger partial charge in [-0.15, -0.1) is 0 Å². The minimum Gasteiger partial charge on any atom is -0.321 e. The largest absolute Gasteiger partial charge is 0.321 e. The van der Waals surface area contributed by atoms with Gasteiger partial charge >= 0.3 is 0 Å². The van der Waals surface area contributed by atoms with E-state index >= 15 is 0 Å². The first-order valence-electron chi connectivity index (χ1n) is 6.60. The molecule has 0 spiro atoms. The van der Waals surface area contributed by atoms with Crippen molar-refractivity contribution < 1.29 is 21.6 Å². The van der Waals surface area contributed by atoms with Crippen LogP contribution in [0.15, 0.2) is 52.3 Å². The average molecular weight is 388 g/mol. The summed E-state index contributed by atoms with van der Waals surface area (Å²) in [5, 5.41) is 2.58. The van der Waals surface area contributed by atoms with Crippen LogP contribution in [-0.2, 0) is 19.7 Å². The number of rotatable bonds is 4. The fourth-order valence-corrected chi connectivity index (χ4v) is 3.70. The van der Waals surface area contributed by atoms with E-state index < -0.39 is 25.6 Å². The van der Waals surface area contributed by atoms with Crippen molar-refractivity contribution in [2.24, 2.45) is 0 Å². The predicted molar refractivity (Wildman–Crippen MR) is 92.1 cm³/mol. The van der Waals surface area contributed by atoms with Crippen molar-refractivity contribution >= 4 is 42.9 Å². The number of hydrogen-bond acceptors (Lipinski definition) is 5. The van der Waals surface area contributed by atoms with Gasteiger partial charge in [-0.05, 0) is 30.3 Å². The molecule has 0 radical (unpaired) electrons. The van der Waals surface area contributed by atoms with Gasteiger partial charge in [0.15, 0.2) is 19.7 Å². The highest BCUT2D eigenvalue weighted by atomic mass is 35.5. The Morgan fingerprint density at radius 1 is 0.958 bits per heavy atom. The highest BCUT2D eigenvalue weighted by Crippen LogP contribution is 2.26. The van der Waals surface area contributed by atoms with Crippen molar-refractivity contribution in [3.8, 4) is 0 Å². The Morgan fingerprint density at radius 3 is 2.17 bits per heavy atom. The van der Waals surface area contributed by atoms with E-state index in [2.05, 4.69) is 5.32 Å². The van der Waals surface area contributed by atoms with E-state index in [1.165, 1.54) is 42.5 Å². The maximum Gasteiger partial charge on any atom is 0.257 e. The second-order valence-corrected chi connectivity index (χ2v) is 9.54. The van der Waals surface area contributed by atoms with Crippen LogP contribution in [0.1, 0.15) is 10.4 Å². The van der Waals surface area contributed by atoms with Crippen LogP contribution in [0.5, 0.6) is 0 Å². The lowest BCUT2D eigenvalue weighted by atomic mass is 10.2. The molecule has 128 valence electrons. The maximum atomic E-state index is 12.4. The quantitative estimate of drug-likeness (QED) is 0.868. The van der Waals surface area contributed by atoms with Gasteiger partial charge in [-0.1, -0.05) is 23.7 Å². The summed E-state index contributed by atoms with van der Waals surface area (Å²) in [5.74, 6) is -0.705. The summed E-state index contributed by atoms with van der Waals surface area (Å²) in [5.41, 5.74) is 0.0220. The zero-order chi connectivity index (χ0) is 18.1. The molecule has 0 aliphatic rings. The minimum absolute atomic E-state index is 0.0152. The van der Waals surface area contributed by atoms with Crippen LogP contribution in [0, 0.1) is 0 Å². The van der Waals surface area contributed by atoms with Gasteiger partial charge < -0.3 is 5.32 Å². The molecular formula is C15H14ClNO5S2. The minimum atomic E-state index is -3.60. The standard InChI is InChI=1S/C15H14ClNO5S2/c1-23(19,20)10-7-8-12(16)13(9-10)17-15(18)11-5-3-4-6-14(11)24(2,21)22/h3-9H,1-2H3,(H,17,18). The van der Waals surface area contributed by atoms with Crippen LogP contribution in [0.2, 0.25) is 5.02 Å². The van der Waals surface area contributed by atoms with Gasteiger partial charge in [0, 0.05) is 12.5 Å². The summed E-state index contributed by atoms with van der Waals surface area (Å²) in [6.45, 7) is 0. The van der Waals surface area contributed by atoms with Crippen molar-refractivity contribution in [1.29, 1.82) is 0 Å². The van der Waals surface area contributed by atoms with Crippen molar-refractivity contribution in [2.45, 2.75) is 9.79 Å². The molecule has 2 aromatic carbocycles. The Morgan fingerprint density at radius 2 is 1.58 bits per heavy atom. The molecule has 0 saturated heterocycles. The molecule has 24 heavy (non-hydrogen) atoms. The molecule has 0 aliphatic carbocycles. The lowest BCUT2D eigenvalue weighted by Crippen LogP contribution is -2.16. The zero-order valence-electron chi connectivity index (χ0n) is 12.8. The van der Waals surface area contributed by atoms with Gasteiger partial charge in [-0.2, -0.15) is 0 Å². The van der Waals surface area contributed by atoms with E-state index in [9.17, 15) is 21.6 Å². The molecule has 2 rings (SSSR count). The predicted octanol–water partition coefficient (Wildman–Crippen LogP) is 2.40. The Labute approximate surface area is 145 Å². The fraction of sp³-hybridized carbons (Fsp3) is 0.133. The first-order valence-corrected chi connectivity index (χ1v) is 10.8. The van der Waals surface area contributed by atoms with Gasteiger partial charge in [0.1, 0.15) is 0 Å². The first kappa shape index (κ1) is 18.4. The molecule has 2 aromatic rings. The summed E-state index contributed by atoms with van der Waals surface area (Å²) in [4.78, 5) is 12.3. The Balaban J connectivity index is 2.46. The number of sulfone groups is 2. The number of hydrogen-bond donors (Lipinski definition) is 1. The van der Waals surface area contributed by atoms with E-state index in [4.69, 9.17) is 11.6 Å². The molecule has 0 atom stereocenters. The van der Waals surface area contributed by atoms with Crippen molar-refractivity contribution in [3.63, 3.8) is 0 Å². The van der Waals surface area contributed by atoms with Crippen molar-refractivity contribution in [2.75, 3.05) is 17.8 Å². The van der Waals surface area contributed by atoms with Gasteiger partial charge in [0.05, 0.1) is 26.1 Å². The van der Waals surface area contributed by atoms with E-state index in [1.807, 2.05) is 0 Å².